The molecular formula is C13H24N2S. The lowest BCUT2D eigenvalue weighted by Crippen LogP contribution is -2.35. The molecule has 0 bridgehead atoms. The second-order valence-electron chi connectivity index (χ2n) is 4.89. The molecule has 2 unspecified atom stereocenters. The van der Waals surface area contributed by atoms with Crippen molar-refractivity contribution in [3.05, 3.63) is 22.4 Å². The summed E-state index contributed by atoms with van der Waals surface area (Å²) in [6.45, 7) is 5.69. The van der Waals surface area contributed by atoms with Crippen LogP contribution < -0.4 is 5.32 Å². The van der Waals surface area contributed by atoms with E-state index in [1.54, 1.807) is 0 Å². The molecule has 1 N–H and O–H groups in total. The molecule has 1 rings (SSSR count). The SMILES string of the molecule is CNCC(C(C)C)C(c1cccs1)N(C)C. The quantitative estimate of drug-likeness (QED) is 0.822. The Kier molecular flexibility index (Phi) is 5.46. The van der Waals surface area contributed by atoms with Crippen molar-refractivity contribution in [2.75, 3.05) is 27.7 Å². The zero-order chi connectivity index (χ0) is 12.1. The first-order valence-corrected chi connectivity index (χ1v) is 6.80. The predicted octanol–water partition coefficient (Wildman–Crippen LogP) is 2.84. The molecule has 0 aliphatic heterocycles. The van der Waals surface area contributed by atoms with Gasteiger partial charge >= 0.3 is 0 Å². The first-order valence-electron chi connectivity index (χ1n) is 5.92. The van der Waals surface area contributed by atoms with E-state index in [1.807, 2.05) is 18.4 Å². The fourth-order valence-electron chi connectivity index (χ4n) is 2.26. The molecule has 0 aromatic carbocycles. The van der Waals surface area contributed by atoms with Crippen molar-refractivity contribution < 1.29 is 0 Å². The van der Waals surface area contributed by atoms with Crippen LogP contribution in [0.15, 0.2) is 17.5 Å². The lowest BCUT2D eigenvalue weighted by atomic mass is 9.87. The molecule has 0 saturated heterocycles. The summed E-state index contributed by atoms with van der Waals surface area (Å²) in [6, 6.07) is 4.92. The summed E-state index contributed by atoms with van der Waals surface area (Å²) in [5, 5.41) is 5.49. The zero-order valence-electron chi connectivity index (χ0n) is 11.0. The monoisotopic (exact) mass is 240 g/mol. The highest BCUT2D eigenvalue weighted by Crippen LogP contribution is 2.34. The largest absolute Gasteiger partial charge is 0.319 e. The van der Waals surface area contributed by atoms with Crippen molar-refractivity contribution in [2.24, 2.45) is 11.8 Å². The third-order valence-corrected chi connectivity index (χ3v) is 4.04. The molecule has 0 aliphatic rings. The highest BCUT2D eigenvalue weighted by Gasteiger charge is 2.27. The number of nitrogens with zero attached hydrogens (tertiary/aromatic N) is 1. The van der Waals surface area contributed by atoms with E-state index in [2.05, 4.69) is 55.7 Å². The summed E-state index contributed by atoms with van der Waals surface area (Å²) in [5.41, 5.74) is 0. The van der Waals surface area contributed by atoms with Gasteiger partial charge in [-0.2, -0.15) is 0 Å². The van der Waals surface area contributed by atoms with Gasteiger partial charge in [0, 0.05) is 10.9 Å². The molecule has 0 amide bonds. The second-order valence-corrected chi connectivity index (χ2v) is 5.87. The summed E-state index contributed by atoms with van der Waals surface area (Å²) in [4.78, 5) is 3.81. The Hall–Kier alpha value is -0.380. The van der Waals surface area contributed by atoms with Crippen molar-refractivity contribution in [2.45, 2.75) is 19.9 Å². The van der Waals surface area contributed by atoms with E-state index >= 15 is 0 Å². The third kappa shape index (κ3) is 3.30. The van der Waals surface area contributed by atoms with Crippen molar-refractivity contribution in [3.8, 4) is 0 Å². The maximum Gasteiger partial charge on any atom is 0.0478 e. The first-order chi connectivity index (χ1) is 7.57. The van der Waals surface area contributed by atoms with Crippen molar-refractivity contribution >= 4 is 11.3 Å². The predicted molar refractivity (Wildman–Crippen MR) is 73.0 cm³/mol. The molecule has 0 spiro atoms. The zero-order valence-corrected chi connectivity index (χ0v) is 11.8. The minimum absolute atomic E-state index is 0.521. The number of hydrogen-bond acceptors (Lipinski definition) is 3. The lowest BCUT2D eigenvalue weighted by Gasteiger charge is -2.34. The van der Waals surface area contributed by atoms with Gasteiger partial charge in [0.25, 0.3) is 0 Å². The van der Waals surface area contributed by atoms with Gasteiger partial charge in [-0.15, -0.1) is 11.3 Å². The molecule has 2 nitrogen and oxygen atoms in total. The fourth-order valence-corrected chi connectivity index (χ4v) is 3.25. The van der Waals surface area contributed by atoms with Crippen LogP contribution in [-0.4, -0.2) is 32.6 Å². The van der Waals surface area contributed by atoms with E-state index < -0.39 is 0 Å². The van der Waals surface area contributed by atoms with E-state index in [9.17, 15) is 0 Å². The van der Waals surface area contributed by atoms with Crippen LogP contribution in [0.4, 0.5) is 0 Å². The van der Waals surface area contributed by atoms with Crippen LogP contribution in [0.2, 0.25) is 0 Å². The Balaban J connectivity index is 2.90. The van der Waals surface area contributed by atoms with Crippen molar-refractivity contribution in [1.29, 1.82) is 0 Å². The molecule has 0 radical (unpaired) electrons. The molecule has 3 heteroatoms. The summed E-state index contributed by atoms with van der Waals surface area (Å²) >= 11 is 1.86. The van der Waals surface area contributed by atoms with Crippen molar-refractivity contribution in [1.82, 2.24) is 10.2 Å². The average molecular weight is 240 g/mol. The van der Waals surface area contributed by atoms with Gasteiger partial charge in [-0.05, 0) is 51.0 Å². The average Bonchev–Trinajstić information content (AvgIpc) is 2.69. The minimum Gasteiger partial charge on any atom is -0.319 e. The molecular weight excluding hydrogens is 216 g/mol. The topological polar surface area (TPSA) is 15.3 Å². The third-order valence-electron chi connectivity index (χ3n) is 3.09. The van der Waals surface area contributed by atoms with Gasteiger partial charge in [-0.25, -0.2) is 0 Å². The Labute approximate surface area is 104 Å². The minimum atomic E-state index is 0.521. The van der Waals surface area contributed by atoms with Gasteiger partial charge in [0.05, 0.1) is 0 Å². The first kappa shape index (κ1) is 13.7. The van der Waals surface area contributed by atoms with E-state index in [-0.39, 0.29) is 0 Å². The maximum atomic E-state index is 3.32. The Morgan fingerprint density at radius 2 is 2.06 bits per heavy atom. The normalized spacial score (nSPS) is 15.7. The number of thiophene rings is 1. The number of hydrogen-bond donors (Lipinski definition) is 1. The number of nitrogens with one attached hydrogen (secondary N) is 1. The van der Waals surface area contributed by atoms with Crippen LogP contribution in [0.25, 0.3) is 0 Å². The Morgan fingerprint density at radius 3 is 2.44 bits per heavy atom. The molecule has 0 aliphatic carbocycles. The molecule has 1 aromatic heterocycles. The van der Waals surface area contributed by atoms with Gasteiger partial charge in [0.1, 0.15) is 0 Å². The summed E-state index contributed by atoms with van der Waals surface area (Å²) < 4.78 is 0. The van der Waals surface area contributed by atoms with E-state index in [0.717, 1.165) is 6.54 Å². The highest BCUT2D eigenvalue weighted by atomic mass is 32.1. The van der Waals surface area contributed by atoms with Gasteiger partial charge < -0.3 is 10.2 Å². The lowest BCUT2D eigenvalue weighted by molar-refractivity contribution is 0.172. The maximum absolute atomic E-state index is 3.32. The van der Waals surface area contributed by atoms with Crippen molar-refractivity contribution in [3.63, 3.8) is 0 Å². The van der Waals surface area contributed by atoms with Gasteiger partial charge in [0.15, 0.2) is 0 Å². The fraction of sp³-hybridized carbons (Fsp3) is 0.692. The highest BCUT2D eigenvalue weighted by molar-refractivity contribution is 7.10. The standard InChI is InChI=1S/C13H24N2S/c1-10(2)11(9-14-3)13(15(4)5)12-7-6-8-16-12/h6-8,10-11,13-14H,9H2,1-5H3. The van der Waals surface area contributed by atoms with Crippen LogP contribution in [0.5, 0.6) is 0 Å². The number of rotatable bonds is 6. The van der Waals surface area contributed by atoms with E-state index in [1.165, 1.54) is 4.88 Å². The molecule has 0 saturated carbocycles. The molecule has 2 atom stereocenters. The van der Waals surface area contributed by atoms with Gasteiger partial charge in [0.2, 0.25) is 0 Å². The van der Waals surface area contributed by atoms with Gasteiger partial charge in [-0.3, -0.25) is 0 Å². The molecule has 0 fully saturated rings. The second kappa shape index (κ2) is 6.38. The summed E-state index contributed by atoms with van der Waals surface area (Å²) in [7, 11) is 6.39. The molecule has 1 heterocycles. The molecule has 92 valence electrons. The Bertz CT molecular complexity index is 280. The molecule has 1 aromatic rings. The Morgan fingerprint density at radius 1 is 1.38 bits per heavy atom. The summed E-state index contributed by atoms with van der Waals surface area (Å²) in [6.07, 6.45) is 0. The van der Waals surface area contributed by atoms with Crippen LogP contribution in [-0.2, 0) is 0 Å². The molecule has 16 heavy (non-hydrogen) atoms. The summed E-state index contributed by atoms with van der Waals surface area (Å²) in [5.74, 6) is 1.33. The van der Waals surface area contributed by atoms with Crippen LogP contribution in [0.3, 0.4) is 0 Å². The van der Waals surface area contributed by atoms with Crippen LogP contribution in [0.1, 0.15) is 24.8 Å². The van der Waals surface area contributed by atoms with Crippen LogP contribution in [0, 0.1) is 11.8 Å². The smallest absolute Gasteiger partial charge is 0.0478 e. The van der Waals surface area contributed by atoms with Gasteiger partial charge in [-0.1, -0.05) is 19.9 Å². The van der Waals surface area contributed by atoms with E-state index in [4.69, 9.17) is 0 Å². The van der Waals surface area contributed by atoms with E-state index in [0.29, 0.717) is 17.9 Å². The van der Waals surface area contributed by atoms with Crippen LogP contribution >= 0.6 is 11.3 Å².